The molecule has 0 unspecified atom stereocenters. The summed E-state index contributed by atoms with van der Waals surface area (Å²) in [6.45, 7) is 0.0909. The number of rotatable bonds is 5. The van der Waals surface area contributed by atoms with Crippen molar-refractivity contribution in [3.8, 4) is 5.75 Å². The third-order valence-electron chi connectivity index (χ3n) is 3.91. The summed E-state index contributed by atoms with van der Waals surface area (Å²) in [7, 11) is 0. The van der Waals surface area contributed by atoms with E-state index in [1.54, 1.807) is 24.3 Å². The predicted molar refractivity (Wildman–Crippen MR) is 98.7 cm³/mol. The Kier molecular flexibility index (Phi) is 4.55. The SMILES string of the molecule is O=C(Nc1ccc(OCc2cc(=O)n3[nH]cnc3n2)cc1)c1cccc(F)c1. The van der Waals surface area contributed by atoms with Crippen LogP contribution >= 0.6 is 0 Å². The molecule has 0 saturated heterocycles. The Morgan fingerprint density at radius 1 is 1.18 bits per heavy atom. The average molecular weight is 379 g/mol. The smallest absolute Gasteiger partial charge is 0.274 e. The zero-order valence-corrected chi connectivity index (χ0v) is 14.4. The van der Waals surface area contributed by atoms with E-state index in [9.17, 15) is 14.0 Å². The van der Waals surface area contributed by atoms with E-state index < -0.39 is 11.7 Å². The molecule has 8 nitrogen and oxygen atoms in total. The molecule has 2 heterocycles. The third kappa shape index (κ3) is 3.73. The molecule has 1 amide bonds. The van der Waals surface area contributed by atoms with E-state index in [-0.39, 0.29) is 23.5 Å². The Balaban J connectivity index is 1.40. The molecule has 0 aliphatic rings. The summed E-state index contributed by atoms with van der Waals surface area (Å²) in [6.07, 6.45) is 1.38. The number of amides is 1. The Hall–Kier alpha value is -4.01. The Labute approximate surface area is 157 Å². The molecule has 2 N–H and O–H groups in total. The topological polar surface area (TPSA) is 101 Å². The second-order valence-electron chi connectivity index (χ2n) is 5.89. The van der Waals surface area contributed by atoms with E-state index in [1.165, 1.54) is 41.2 Å². The van der Waals surface area contributed by atoms with Crippen LogP contribution in [0.5, 0.6) is 5.75 Å². The molecule has 9 heteroatoms. The van der Waals surface area contributed by atoms with Crippen molar-refractivity contribution in [3.05, 3.63) is 88.4 Å². The Bertz CT molecular complexity index is 1200. The summed E-state index contributed by atoms with van der Waals surface area (Å²) in [5.41, 5.74) is 0.930. The van der Waals surface area contributed by atoms with Crippen LogP contribution in [-0.4, -0.2) is 25.5 Å². The summed E-state index contributed by atoms with van der Waals surface area (Å²) in [6, 6.07) is 13.5. The van der Waals surface area contributed by atoms with Crippen LogP contribution in [0.15, 0.2) is 65.7 Å². The first-order valence-electron chi connectivity index (χ1n) is 8.30. The molecule has 0 spiro atoms. The number of nitrogens with one attached hydrogen (secondary N) is 2. The van der Waals surface area contributed by atoms with Gasteiger partial charge in [-0.05, 0) is 42.5 Å². The van der Waals surface area contributed by atoms with Crippen molar-refractivity contribution in [2.24, 2.45) is 0 Å². The summed E-state index contributed by atoms with van der Waals surface area (Å²) in [5.74, 6) is -0.0860. The number of hydrogen-bond donors (Lipinski definition) is 2. The molecule has 0 saturated carbocycles. The second-order valence-corrected chi connectivity index (χ2v) is 5.89. The van der Waals surface area contributed by atoms with Crippen molar-refractivity contribution in [3.63, 3.8) is 0 Å². The molecule has 0 aliphatic carbocycles. The summed E-state index contributed by atoms with van der Waals surface area (Å²) in [4.78, 5) is 32.2. The lowest BCUT2D eigenvalue weighted by atomic mass is 10.2. The molecule has 0 atom stereocenters. The molecule has 0 bridgehead atoms. The van der Waals surface area contributed by atoms with Gasteiger partial charge in [0.2, 0.25) is 0 Å². The van der Waals surface area contributed by atoms with E-state index >= 15 is 0 Å². The molecule has 28 heavy (non-hydrogen) atoms. The zero-order valence-electron chi connectivity index (χ0n) is 14.4. The van der Waals surface area contributed by atoms with Crippen LogP contribution in [-0.2, 0) is 6.61 Å². The van der Waals surface area contributed by atoms with Crippen molar-refractivity contribution in [2.75, 3.05) is 5.32 Å². The van der Waals surface area contributed by atoms with Crippen LogP contribution in [0.1, 0.15) is 16.1 Å². The first kappa shape index (κ1) is 17.4. The van der Waals surface area contributed by atoms with Gasteiger partial charge in [0.15, 0.2) is 0 Å². The van der Waals surface area contributed by atoms with E-state index in [4.69, 9.17) is 4.74 Å². The number of aromatic amines is 1. The highest BCUT2D eigenvalue weighted by Crippen LogP contribution is 2.17. The minimum atomic E-state index is -0.474. The number of nitrogens with zero attached hydrogens (tertiary/aromatic N) is 3. The summed E-state index contributed by atoms with van der Waals surface area (Å²) in [5, 5.41) is 5.34. The van der Waals surface area contributed by atoms with E-state index in [2.05, 4.69) is 20.4 Å². The number of carbonyl (C=O) groups excluding carboxylic acids is 1. The maximum atomic E-state index is 13.2. The minimum Gasteiger partial charge on any atom is -0.487 e. The first-order chi connectivity index (χ1) is 13.6. The van der Waals surface area contributed by atoms with Gasteiger partial charge in [-0.1, -0.05) is 6.07 Å². The number of aromatic nitrogens is 4. The molecular weight excluding hydrogens is 365 g/mol. The number of hydrogen-bond acceptors (Lipinski definition) is 5. The van der Waals surface area contributed by atoms with Crippen LogP contribution in [0.3, 0.4) is 0 Å². The molecular formula is C19H14FN5O3. The molecule has 0 fully saturated rings. The number of carbonyl (C=O) groups is 1. The maximum absolute atomic E-state index is 13.2. The number of fused-ring (bicyclic) bond motifs is 1. The average Bonchev–Trinajstić information content (AvgIpc) is 3.17. The quantitative estimate of drug-likeness (QED) is 0.554. The van der Waals surface area contributed by atoms with Crippen molar-refractivity contribution >= 4 is 17.4 Å². The highest BCUT2D eigenvalue weighted by Gasteiger charge is 2.08. The first-order valence-corrected chi connectivity index (χ1v) is 8.30. The van der Waals surface area contributed by atoms with Crippen LogP contribution < -0.4 is 15.6 Å². The van der Waals surface area contributed by atoms with Gasteiger partial charge < -0.3 is 10.1 Å². The number of ether oxygens (including phenoxy) is 1. The van der Waals surface area contributed by atoms with Gasteiger partial charge >= 0.3 is 0 Å². The minimum absolute atomic E-state index is 0.0909. The fraction of sp³-hybridized carbons (Fsp3) is 0.0526. The van der Waals surface area contributed by atoms with Gasteiger partial charge in [0, 0.05) is 17.3 Å². The fourth-order valence-electron chi connectivity index (χ4n) is 2.57. The number of H-pyrrole nitrogens is 1. The molecule has 0 radical (unpaired) electrons. The lowest BCUT2D eigenvalue weighted by Gasteiger charge is -2.08. The molecule has 2 aromatic heterocycles. The lowest BCUT2D eigenvalue weighted by molar-refractivity contribution is 0.102. The monoisotopic (exact) mass is 379 g/mol. The van der Waals surface area contributed by atoms with Gasteiger partial charge in [-0.15, -0.1) is 0 Å². The largest absolute Gasteiger partial charge is 0.487 e. The number of halogens is 1. The molecule has 4 aromatic rings. The van der Waals surface area contributed by atoms with Crippen molar-refractivity contribution in [2.45, 2.75) is 6.61 Å². The highest BCUT2D eigenvalue weighted by molar-refractivity contribution is 6.04. The Morgan fingerprint density at radius 2 is 2.00 bits per heavy atom. The highest BCUT2D eigenvalue weighted by atomic mass is 19.1. The lowest BCUT2D eigenvalue weighted by Crippen LogP contribution is -2.16. The van der Waals surface area contributed by atoms with Gasteiger partial charge in [0.05, 0.1) is 5.69 Å². The molecule has 0 aliphatic heterocycles. The van der Waals surface area contributed by atoms with Crippen LogP contribution in [0, 0.1) is 5.82 Å². The fourth-order valence-corrected chi connectivity index (χ4v) is 2.57. The van der Waals surface area contributed by atoms with Crippen molar-refractivity contribution < 1.29 is 13.9 Å². The van der Waals surface area contributed by atoms with Crippen LogP contribution in [0.4, 0.5) is 10.1 Å². The normalized spacial score (nSPS) is 10.8. The maximum Gasteiger partial charge on any atom is 0.274 e. The van der Waals surface area contributed by atoms with Gasteiger partial charge in [0.1, 0.15) is 24.5 Å². The molecule has 2 aromatic carbocycles. The summed E-state index contributed by atoms with van der Waals surface area (Å²) >= 11 is 0. The Morgan fingerprint density at radius 3 is 2.79 bits per heavy atom. The third-order valence-corrected chi connectivity index (χ3v) is 3.91. The molecule has 4 rings (SSSR count). The number of anilines is 1. The van der Waals surface area contributed by atoms with Crippen LogP contribution in [0.2, 0.25) is 0 Å². The van der Waals surface area contributed by atoms with Crippen LogP contribution in [0.25, 0.3) is 5.78 Å². The second kappa shape index (κ2) is 7.31. The van der Waals surface area contributed by atoms with Gasteiger partial charge in [-0.25, -0.2) is 14.4 Å². The van der Waals surface area contributed by atoms with Crippen molar-refractivity contribution in [1.82, 2.24) is 19.6 Å². The van der Waals surface area contributed by atoms with Gasteiger partial charge in [-0.2, -0.15) is 4.52 Å². The van der Waals surface area contributed by atoms with Crippen molar-refractivity contribution in [1.29, 1.82) is 0 Å². The van der Waals surface area contributed by atoms with E-state index in [1.807, 2.05) is 0 Å². The predicted octanol–water partition coefficient (Wildman–Crippen LogP) is 2.39. The summed E-state index contributed by atoms with van der Waals surface area (Å²) < 4.78 is 20.1. The van der Waals surface area contributed by atoms with E-state index in [0.717, 1.165) is 0 Å². The van der Waals surface area contributed by atoms with Gasteiger partial charge in [0.25, 0.3) is 17.2 Å². The van der Waals surface area contributed by atoms with E-state index in [0.29, 0.717) is 17.1 Å². The number of benzene rings is 2. The standard InChI is InChI=1S/C19H14FN5O3/c20-13-3-1-2-12(8-13)18(27)23-14-4-6-16(7-5-14)28-10-15-9-17(26)25-19(24-15)21-11-22-25/h1-9,11H,10H2,(H,23,27)(H,21,22,24). The molecule has 140 valence electrons. The zero-order chi connectivity index (χ0) is 19.5. The van der Waals surface area contributed by atoms with Gasteiger partial charge in [-0.3, -0.25) is 14.7 Å².